The molecule has 3 nitrogen and oxygen atoms in total. The number of hydrogen-bond acceptors (Lipinski definition) is 2. The Hall–Kier alpha value is -12.6. The van der Waals surface area contributed by atoms with Crippen molar-refractivity contribution in [2.45, 2.75) is 45.4 Å². The maximum Gasteiger partial charge on any atom is 0.252 e. The van der Waals surface area contributed by atoms with E-state index in [0.29, 0.717) is 0 Å². The van der Waals surface area contributed by atoms with Gasteiger partial charge in [-0.25, -0.2) is 0 Å². The van der Waals surface area contributed by atoms with Crippen LogP contribution >= 0.6 is 0 Å². The molecule has 6 heteroatoms. The van der Waals surface area contributed by atoms with Crippen LogP contribution < -0.4 is 67.7 Å². The molecular weight excluding hydrogens is 1350 g/mol. The molecule has 0 saturated carbocycles. The number of para-hydroxylation sites is 1. The first-order chi connectivity index (χ1) is 53.5. The molecule has 0 unspecified atom stereocenters. The molecular formula is C103H82BN3Si2. The molecule has 0 spiro atoms. The van der Waals surface area contributed by atoms with Gasteiger partial charge >= 0.3 is 0 Å². The van der Waals surface area contributed by atoms with Crippen LogP contribution in [0.5, 0.6) is 0 Å². The smallest absolute Gasteiger partial charge is 0.252 e. The van der Waals surface area contributed by atoms with Crippen molar-refractivity contribution in [1.29, 1.82) is 0 Å². The summed E-state index contributed by atoms with van der Waals surface area (Å²) in [5.74, 6) is 0. The van der Waals surface area contributed by atoms with E-state index in [9.17, 15) is 0 Å². The molecule has 0 atom stereocenters. The molecule has 520 valence electrons. The predicted octanol–water partition coefficient (Wildman–Crippen LogP) is 18.2. The van der Waals surface area contributed by atoms with E-state index in [1.807, 2.05) is 0 Å². The second kappa shape index (κ2) is 27.0. The lowest BCUT2D eigenvalue weighted by Gasteiger charge is -2.46. The van der Waals surface area contributed by atoms with Crippen molar-refractivity contribution in [2.24, 2.45) is 0 Å². The molecule has 2 aliphatic rings. The highest BCUT2D eigenvalue weighted by Gasteiger charge is 2.49. The molecule has 0 aliphatic carbocycles. The van der Waals surface area contributed by atoms with Gasteiger partial charge < -0.3 is 14.4 Å². The van der Waals surface area contributed by atoms with E-state index in [1.165, 1.54) is 96.5 Å². The van der Waals surface area contributed by atoms with Crippen molar-refractivity contribution in [1.82, 2.24) is 4.57 Å². The maximum absolute atomic E-state index is 3.18. The van der Waals surface area contributed by atoms with Crippen LogP contribution in [0.2, 0.25) is 0 Å². The van der Waals surface area contributed by atoms with Crippen LogP contribution in [-0.2, 0) is 10.8 Å². The van der Waals surface area contributed by atoms with Crippen LogP contribution in [0, 0.1) is 6.92 Å². The summed E-state index contributed by atoms with van der Waals surface area (Å²) in [5, 5.41) is 13.0. The number of anilines is 6. The highest BCUT2D eigenvalue weighted by atomic mass is 28.3. The van der Waals surface area contributed by atoms with Gasteiger partial charge in [0, 0.05) is 55.6 Å². The minimum atomic E-state index is -3.18. The highest BCUT2D eigenvalue weighted by molar-refractivity contribution is 7.20. The monoisotopic (exact) mass is 1430 g/mol. The summed E-state index contributed by atoms with van der Waals surface area (Å²) in [6.07, 6.45) is 0. The largest absolute Gasteiger partial charge is 0.311 e. The third-order valence-corrected chi connectivity index (χ3v) is 33.7. The van der Waals surface area contributed by atoms with Gasteiger partial charge in [0.15, 0.2) is 16.1 Å². The molecule has 0 saturated heterocycles. The molecule has 0 fully saturated rings. The van der Waals surface area contributed by atoms with Crippen molar-refractivity contribution >= 4 is 137 Å². The van der Waals surface area contributed by atoms with Crippen LogP contribution in [-0.4, -0.2) is 27.4 Å². The van der Waals surface area contributed by atoms with E-state index in [0.717, 1.165) is 62.0 Å². The van der Waals surface area contributed by atoms with E-state index in [2.05, 4.69) is 455 Å². The number of fused-ring (bicyclic) bond motifs is 7. The summed E-state index contributed by atoms with van der Waals surface area (Å²) in [5.41, 5.74) is 21.9. The second-order valence-electron chi connectivity index (χ2n) is 30.7. The first-order valence-electron chi connectivity index (χ1n) is 38.3. The first kappa shape index (κ1) is 67.1. The summed E-state index contributed by atoms with van der Waals surface area (Å²) < 4.78 is 2.61. The molecule has 3 heterocycles. The van der Waals surface area contributed by atoms with Crippen LogP contribution in [0.4, 0.5) is 34.1 Å². The minimum Gasteiger partial charge on any atom is -0.311 e. The fraction of sp³-hybridized carbons (Fsp3) is 0.0680. The van der Waals surface area contributed by atoms with Gasteiger partial charge in [-0.2, -0.15) is 0 Å². The van der Waals surface area contributed by atoms with Crippen molar-refractivity contribution in [3.63, 3.8) is 0 Å². The fourth-order valence-corrected chi connectivity index (χ4v) is 28.2. The normalized spacial score (nSPS) is 12.8. The lowest BCUT2D eigenvalue weighted by molar-refractivity contribution is 0.641. The number of nitrogens with zero attached hydrogens (tertiary/aromatic N) is 3. The first-order valence-corrected chi connectivity index (χ1v) is 42.3. The van der Waals surface area contributed by atoms with Crippen LogP contribution in [0.1, 0.15) is 55.5 Å². The summed E-state index contributed by atoms with van der Waals surface area (Å²) in [7, 11) is -6.31. The number of rotatable bonds is 16. The zero-order valence-electron chi connectivity index (χ0n) is 62.1. The Morgan fingerprint density at radius 3 is 1.00 bits per heavy atom. The van der Waals surface area contributed by atoms with Gasteiger partial charge in [0.2, 0.25) is 0 Å². The Morgan fingerprint density at radius 2 is 0.606 bits per heavy atom. The average molecular weight is 1430 g/mol. The molecule has 109 heavy (non-hydrogen) atoms. The standard InChI is InChI=1S/C103H82BN3Si2/c1-73-56-63-94(89(66-73)74-36-16-6-17-37-74)107-98-72-88(109(84-50-30-13-31-51-84,85-52-32-14-33-53-85)86-54-34-15-35-55-86)60-62-93(98)104-92-61-59-87(108(81-44-24-10-25-45-81,82-46-26-11-27-47-82)83-48-28-12-29-49-83)71-97(92)105(79-42-22-9-23-43-79)99-69-80(70-100(107)101(99)104)106-95-64-57-77(102(2,3)75-38-18-7-19-39-75)67-90(95)91-68-78(58-65-96(91)106)103(4,5)76-40-20-8-21-41-76/h6-72H,1-5H3. The van der Waals surface area contributed by atoms with Gasteiger partial charge in [-0.15, -0.1) is 0 Å². The van der Waals surface area contributed by atoms with Gasteiger partial charge in [-0.1, -0.05) is 367 Å². The van der Waals surface area contributed by atoms with Crippen molar-refractivity contribution in [3.05, 3.63) is 434 Å². The quantitative estimate of drug-likeness (QED) is 0.0706. The Kier molecular flexibility index (Phi) is 16.6. The topological polar surface area (TPSA) is 11.4 Å². The lowest BCUT2D eigenvalue weighted by atomic mass is 9.33. The molecule has 19 rings (SSSR count). The van der Waals surface area contributed by atoms with E-state index in [-0.39, 0.29) is 17.5 Å². The minimum absolute atomic E-state index is 0.236. The average Bonchev–Trinajstić information content (AvgIpc) is 1.27. The van der Waals surface area contributed by atoms with E-state index >= 15 is 0 Å². The SMILES string of the molecule is Cc1ccc(N2c3cc([Si](c4ccccc4)(c4ccccc4)c4ccccc4)ccc3B3c4ccc([Si](c5ccccc5)(c5ccccc5)c5ccccc5)cc4N(c4ccccc4)c4cc(-n5c6ccc(C(C)(C)c7ccccc7)cc6c6cc(C(C)(C)c7ccccc7)ccc65)cc2c43)c(-c2ccccc2)c1. The third-order valence-electron chi connectivity index (χ3n) is 24.1. The lowest BCUT2D eigenvalue weighted by Crippen LogP contribution is -2.75. The van der Waals surface area contributed by atoms with E-state index in [4.69, 9.17) is 0 Å². The predicted molar refractivity (Wildman–Crippen MR) is 469 cm³/mol. The molecule has 1 aromatic heterocycles. The zero-order chi connectivity index (χ0) is 73.4. The molecule has 0 bridgehead atoms. The molecule has 16 aromatic carbocycles. The van der Waals surface area contributed by atoms with Gasteiger partial charge in [0.25, 0.3) is 6.71 Å². The molecule has 2 aliphatic heterocycles. The van der Waals surface area contributed by atoms with Crippen molar-refractivity contribution in [3.8, 4) is 16.8 Å². The highest BCUT2D eigenvalue weighted by Crippen LogP contribution is 2.50. The number of aryl methyl sites for hydroxylation is 1. The third kappa shape index (κ3) is 10.9. The van der Waals surface area contributed by atoms with Gasteiger partial charge in [-0.05, 0) is 165 Å². The van der Waals surface area contributed by atoms with Crippen LogP contribution in [0.15, 0.2) is 406 Å². The number of hydrogen-bond donors (Lipinski definition) is 0. The number of aromatic nitrogens is 1. The molecule has 0 radical (unpaired) electrons. The Bertz CT molecular complexity index is 5920. The Labute approximate surface area is 643 Å². The summed E-state index contributed by atoms with van der Waals surface area (Å²) >= 11 is 0. The van der Waals surface area contributed by atoms with E-state index in [1.54, 1.807) is 0 Å². The summed E-state index contributed by atoms with van der Waals surface area (Å²) in [4.78, 5) is 5.35. The van der Waals surface area contributed by atoms with Gasteiger partial charge in [0.05, 0.1) is 22.4 Å². The maximum atomic E-state index is 2.70. The van der Waals surface area contributed by atoms with Crippen molar-refractivity contribution in [2.75, 3.05) is 9.80 Å². The molecule has 17 aromatic rings. The Morgan fingerprint density at radius 1 is 0.257 bits per heavy atom. The molecule has 0 N–H and O–H groups in total. The van der Waals surface area contributed by atoms with E-state index < -0.39 is 16.1 Å². The van der Waals surface area contributed by atoms with Crippen LogP contribution in [0.3, 0.4) is 0 Å². The fourth-order valence-electron chi connectivity index (χ4n) is 18.6. The van der Waals surface area contributed by atoms with Gasteiger partial charge in [0.1, 0.15) is 0 Å². The second-order valence-corrected chi connectivity index (χ2v) is 38.4. The van der Waals surface area contributed by atoms with Crippen molar-refractivity contribution < 1.29 is 0 Å². The number of benzene rings is 16. The summed E-state index contributed by atoms with van der Waals surface area (Å²) in [6.45, 7) is 11.5. The summed E-state index contributed by atoms with van der Waals surface area (Å²) in [6, 6.07) is 155. The van der Waals surface area contributed by atoms with Gasteiger partial charge in [-0.3, -0.25) is 0 Å². The van der Waals surface area contributed by atoms with Crippen LogP contribution in [0.25, 0.3) is 38.6 Å². The Balaban J connectivity index is 0.975. The zero-order valence-corrected chi connectivity index (χ0v) is 64.1. The molecule has 0 amide bonds.